The van der Waals surface area contributed by atoms with Crippen LogP contribution in [0.15, 0.2) is 36.4 Å². The van der Waals surface area contributed by atoms with E-state index in [1.165, 1.54) is 23.5 Å². The largest absolute Gasteiger partial charge is 0.481 e. The van der Waals surface area contributed by atoms with Crippen LogP contribution in [0.2, 0.25) is 0 Å². The predicted molar refractivity (Wildman–Crippen MR) is 77.9 cm³/mol. The number of halogens is 1. The van der Waals surface area contributed by atoms with Gasteiger partial charge in [-0.05, 0) is 30.0 Å². The maximum atomic E-state index is 13.1. The number of carbonyl (C=O) groups excluding carboxylic acids is 1. The summed E-state index contributed by atoms with van der Waals surface area (Å²) in [6, 6.07) is 5.82. The molecule has 2 aromatic rings. The minimum atomic E-state index is -0.889. The van der Waals surface area contributed by atoms with Gasteiger partial charge in [0.1, 0.15) is 5.82 Å². The van der Waals surface area contributed by atoms with Gasteiger partial charge in [-0.25, -0.2) is 4.39 Å². The Morgan fingerprint density at radius 1 is 1.29 bits per heavy atom. The Kier molecular flexibility index (Phi) is 3.47. The number of benzene rings is 1. The van der Waals surface area contributed by atoms with Crippen molar-refractivity contribution in [3.63, 3.8) is 0 Å². The lowest BCUT2D eigenvalue weighted by Gasteiger charge is -2.10. The average Bonchev–Trinajstić information content (AvgIpc) is 3.04. The molecule has 0 saturated carbocycles. The molecule has 0 aliphatic heterocycles. The van der Waals surface area contributed by atoms with Gasteiger partial charge in [0.25, 0.3) is 5.91 Å². The highest BCUT2D eigenvalue weighted by Gasteiger charge is 2.26. The summed E-state index contributed by atoms with van der Waals surface area (Å²) in [5.74, 6) is -2.04. The number of carboxylic acid groups (broad SMARTS) is 1. The number of fused-ring (bicyclic) bond motifs is 1. The van der Waals surface area contributed by atoms with Crippen LogP contribution in [-0.4, -0.2) is 23.0 Å². The quantitative estimate of drug-likeness (QED) is 0.857. The number of rotatable bonds is 3. The summed E-state index contributed by atoms with van der Waals surface area (Å²) < 4.78 is 13.8. The molecule has 4 nitrogen and oxygen atoms in total. The van der Waals surface area contributed by atoms with Gasteiger partial charge in [-0.15, -0.1) is 11.3 Å². The van der Waals surface area contributed by atoms with Crippen LogP contribution >= 0.6 is 11.3 Å². The van der Waals surface area contributed by atoms with E-state index in [1.54, 1.807) is 24.3 Å². The van der Waals surface area contributed by atoms with E-state index in [0.29, 0.717) is 16.0 Å². The van der Waals surface area contributed by atoms with Crippen LogP contribution in [0.5, 0.6) is 0 Å². The monoisotopic (exact) mass is 305 g/mol. The first-order chi connectivity index (χ1) is 10.0. The third-order valence-corrected chi connectivity index (χ3v) is 4.52. The number of hydrogen-bond donors (Lipinski definition) is 2. The molecule has 2 N–H and O–H groups in total. The van der Waals surface area contributed by atoms with Crippen molar-refractivity contribution in [3.05, 3.63) is 47.1 Å². The standard InChI is InChI=1S/C15H12FNO3S/c16-10-3-1-8-6-13(21-12(8)7-10)14(18)17-11-4-2-9(5-11)15(19)20/h1-4,6-7,9,11H,5H2,(H,17,18)(H,19,20). The number of amides is 1. The lowest BCUT2D eigenvalue weighted by molar-refractivity contribution is -0.140. The Balaban J connectivity index is 1.73. The molecule has 2 atom stereocenters. The number of nitrogens with one attached hydrogen (secondary N) is 1. The third kappa shape index (κ3) is 2.80. The van der Waals surface area contributed by atoms with Crippen LogP contribution in [0.4, 0.5) is 4.39 Å². The molecule has 1 aromatic heterocycles. The highest BCUT2D eigenvalue weighted by atomic mass is 32.1. The molecule has 1 aromatic carbocycles. The van der Waals surface area contributed by atoms with Gasteiger partial charge in [0, 0.05) is 10.7 Å². The van der Waals surface area contributed by atoms with Crippen molar-refractivity contribution in [3.8, 4) is 0 Å². The second-order valence-corrected chi connectivity index (χ2v) is 6.02. The highest BCUT2D eigenvalue weighted by molar-refractivity contribution is 7.20. The van der Waals surface area contributed by atoms with E-state index < -0.39 is 11.9 Å². The van der Waals surface area contributed by atoms with E-state index >= 15 is 0 Å². The molecule has 0 saturated heterocycles. The topological polar surface area (TPSA) is 66.4 Å². The van der Waals surface area contributed by atoms with Crippen molar-refractivity contribution in [2.45, 2.75) is 12.5 Å². The second-order valence-electron chi connectivity index (χ2n) is 4.94. The maximum Gasteiger partial charge on any atom is 0.310 e. The van der Waals surface area contributed by atoms with Gasteiger partial charge < -0.3 is 10.4 Å². The molecule has 0 spiro atoms. The molecule has 2 unspecified atom stereocenters. The minimum Gasteiger partial charge on any atom is -0.481 e. The van der Waals surface area contributed by atoms with E-state index in [4.69, 9.17) is 5.11 Å². The van der Waals surface area contributed by atoms with Crippen LogP contribution in [0.25, 0.3) is 10.1 Å². The lowest BCUT2D eigenvalue weighted by Crippen LogP contribution is -2.32. The predicted octanol–water partition coefficient (Wildman–Crippen LogP) is 2.80. The molecule has 1 heterocycles. The SMILES string of the molecule is O=C(NC1C=CC(C(=O)O)C1)c1cc2ccc(F)cc2s1. The van der Waals surface area contributed by atoms with Crippen molar-refractivity contribution in [2.75, 3.05) is 0 Å². The molecule has 21 heavy (non-hydrogen) atoms. The summed E-state index contributed by atoms with van der Waals surface area (Å²) in [5, 5.41) is 12.5. The molecule has 3 rings (SSSR count). The van der Waals surface area contributed by atoms with E-state index in [9.17, 15) is 14.0 Å². The van der Waals surface area contributed by atoms with Crippen LogP contribution < -0.4 is 5.32 Å². The van der Waals surface area contributed by atoms with Crippen molar-refractivity contribution in [1.82, 2.24) is 5.32 Å². The number of hydrogen-bond acceptors (Lipinski definition) is 3. The van der Waals surface area contributed by atoms with Crippen molar-refractivity contribution >= 4 is 33.3 Å². The zero-order valence-corrected chi connectivity index (χ0v) is 11.7. The number of thiophene rings is 1. The first-order valence-electron chi connectivity index (χ1n) is 6.44. The van der Waals surface area contributed by atoms with Gasteiger partial charge in [-0.3, -0.25) is 9.59 Å². The lowest BCUT2D eigenvalue weighted by atomic mass is 10.1. The fourth-order valence-electron chi connectivity index (χ4n) is 2.35. The molecule has 6 heteroatoms. The fourth-order valence-corrected chi connectivity index (χ4v) is 3.34. The fraction of sp³-hybridized carbons (Fsp3) is 0.200. The first-order valence-corrected chi connectivity index (χ1v) is 7.25. The highest BCUT2D eigenvalue weighted by Crippen LogP contribution is 2.27. The minimum absolute atomic E-state index is 0.266. The van der Waals surface area contributed by atoms with Gasteiger partial charge in [-0.2, -0.15) is 0 Å². The van der Waals surface area contributed by atoms with Crippen LogP contribution in [0, 0.1) is 11.7 Å². The third-order valence-electron chi connectivity index (χ3n) is 3.42. The zero-order chi connectivity index (χ0) is 15.0. The van der Waals surface area contributed by atoms with E-state index in [0.717, 1.165) is 5.39 Å². The Hall–Kier alpha value is -2.21. The van der Waals surface area contributed by atoms with Crippen LogP contribution in [0.3, 0.4) is 0 Å². The summed E-state index contributed by atoms with van der Waals surface area (Å²) in [5.41, 5.74) is 0. The Bertz CT molecular complexity index is 752. The van der Waals surface area contributed by atoms with Crippen molar-refractivity contribution < 1.29 is 19.1 Å². The molecular formula is C15H12FNO3S. The number of aliphatic carboxylic acids is 1. The smallest absolute Gasteiger partial charge is 0.310 e. The summed E-state index contributed by atoms with van der Waals surface area (Å²) in [6.45, 7) is 0. The van der Waals surface area contributed by atoms with Gasteiger partial charge in [0.15, 0.2) is 0 Å². The molecule has 1 aliphatic carbocycles. The summed E-state index contributed by atoms with van der Waals surface area (Å²) in [6.07, 6.45) is 3.65. The number of carboxylic acids is 1. The van der Waals surface area contributed by atoms with Crippen molar-refractivity contribution in [2.24, 2.45) is 5.92 Å². The molecule has 108 valence electrons. The van der Waals surface area contributed by atoms with Gasteiger partial charge >= 0.3 is 5.97 Å². The average molecular weight is 305 g/mol. The summed E-state index contributed by atoms with van der Waals surface area (Å²) in [7, 11) is 0. The zero-order valence-electron chi connectivity index (χ0n) is 10.9. The van der Waals surface area contributed by atoms with Crippen LogP contribution in [0.1, 0.15) is 16.1 Å². The Morgan fingerprint density at radius 3 is 2.81 bits per heavy atom. The van der Waals surface area contributed by atoms with Gasteiger partial charge in [-0.1, -0.05) is 18.2 Å². The summed E-state index contributed by atoms with van der Waals surface area (Å²) >= 11 is 1.22. The molecular weight excluding hydrogens is 293 g/mol. The first kappa shape index (κ1) is 13.8. The maximum absolute atomic E-state index is 13.1. The Labute approximate surface area is 123 Å². The van der Waals surface area contributed by atoms with E-state index in [2.05, 4.69) is 5.32 Å². The van der Waals surface area contributed by atoms with Crippen LogP contribution in [-0.2, 0) is 4.79 Å². The molecule has 0 fully saturated rings. The number of carbonyl (C=O) groups is 2. The van der Waals surface area contributed by atoms with E-state index in [1.807, 2.05) is 0 Å². The van der Waals surface area contributed by atoms with E-state index in [-0.39, 0.29) is 17.8 Å². The second kappa shape index (κ2) is 5.29. The van der Waals surface area contributed by atoms with Crippen molar-refractivity contribution in [1.29, 1.82) is 0 Å². The molecule has 0 bridgehead atoms. The molecule has 1 amide bonds. The molecule has 0 radical (unpaired) electrons. The Morgan fingerprint density at radius 2 is 2.10 bits per heavy atom. The normalized spacial score (nSPS) is 20.8. The van der Waals surface area contributed by atoms with Gasteiger partial charge in [0.2, 0.25) is 0 Å². The van der Waals surface area contributed by atoms with Gasteiger partial charge in [0.05, 0.1) is 10.8 Å². The molecule has 1 aliphatic rings. The summed E-state index contributed by atoms with van der Waals surface area (Å²) in [4.78, 5) is 23.5.